The van der Waals surface area contributed by atoms with Crippen molar-refractivity contribution >= 4 is 0 Å². The van der Waals surface area contributed by atoms with Gasteiger partial charge in [0.1, 0.15) is 0 Å². The Hall–Kier alpha value is -0.0800. The monoisotopic (exact) mass is 234 g/mol. The van der Waals surface area contributed by atoms with Crippen LogP contribution in [0.25, 0.3) is 0 Å². The van der Waals surface area contributed by atoms with Gasteiger partial charge in [-0.1, -0.05) is 52.4 Å². The van der Waals surface area contributed by atoms with Gasteiger partial charge in [0.05, 0.1) is 0 Å². The number of hydrogen-bond donors (Lipinski definition) is 2. The van der Waals surface area contributed by atoms with Gasteiger partial charge in [-0.05, 0) is 27.7 Å². The van der Waals surface area contributed by atoms with Crippen LogP contribution in [-0.4, -0.2) is 22.4 Å². The molecule has 2 N–H and O–H groups in total. The van der Waals surface area contributed by atoms with Crippen molar-refractivity contribution in [2.24, 2.45) is 0 Å². The molecule has 0 aromatic carbocycles. The van der Waals surface area contributed by atoms with Crippen LogP contribution < -0.4 is 0 Å². The van der Waals surface area contributed by atoms with Crippen LogP contribution in [0.5, 0.6) is 0 Å². The third-order valence-electron chi connectivity index (χ3n) is 1.46. The third kappa shape index (κ3) is 96.0. The molecule has 0 aliphatic heterocycles. The molecule has 0 aromatic rings. The number of hydrogen-bond acceptors (Lipinski definition) is 2. The Balaban J connectivity index is -0.000000179. The summed E-state index contributed by atoms with van der Waals surface area (Å²) in [5.74, 6) is 0. The average molecular weight is 234 g/mol. The standard InChI is InChI=1S/C8H18.2C3H8O/c1-3-5-7-8-6-4-2;2*1-3(2)4/h3-8H2,1-2H3;2*3-4H,1-2H3. The van der Waals surface area contributed by atoms with Gasteiger partial charge in [-0.3, -0.25) is 0 Å². The summed E-state index contributed by atoms with van der Waals surface area (Å²) in [6, 6.07) is 0. The van der Waals surface area contributed by atoms with Crippen molar-refractivity contribution in [1.29, 1.82) is 0 Å². The fraction of sp³-hybridized carbons (Fsp3) is 1.00. The predicted molar refractivity (Wildman–Crippen MR) is 73.8 cm³/mol. The molecule has 2 nitrogen and oxygen atoms in total. The summed E-state index contributed by atoms with van der Waals surface area (Å²) >= 11 is 0. The molecule has 0 atom stereocenters. The lowest BCUT2D eigenvalue weighted by atomic mass is 10.1. The van der Waals surface area contributed by atoms with Crippen LogP contribution in [0.1, 0.15) is 80.1 Å². The molecule has 0 aliphatic carbocycles. The van der Waals surface area contributed by atoms with Crippen LogP contribution in [0.4, 0.5) is 0 Å². The quantitative estimate of drug-likeness (QED) is 0.702. The van der Waals surface area contributed by atoms with Crippen molar-refractivity contribution in [3.05, 3.63) is 0 Å². The van der Waals surface area contributed by atoms with E-state index in [-0.39, 0.29) is 12.2 Å². The molecule has 0 unspecified atom stereocenters. The number of aliphatic hydroxyl groups excluding tert-OH is 2. The molecule has 0 spiro atoms. The van der Waals surface area contributed by atoms with Crippen LogP contribution in [-0.2, 0) is 0 Å². The Bertz CT molecular complexity index is 73.2. The molecule has 16 heavy (non-hydrogen) atoms. The van der Waals surface area contributed by atoms with E-state index in [0.717, 1.165) is 0 Å². The van der Waals surface area contributed by atoms with Crippen molar-refractivity contribution in [2.75, 3.05) is 0 Å². The summed E-state index contributed by atoms with van der Waals surface area (Å²) in [7, 11) is 0. The zero-order chi connectivity index (χ0) is 13.4. The first kappa shape index (κ1) is 21.2. The molecule has 0 amide bonds. The highest BCUT2D eigenvalue weighted by molar-refractivity contribution is 4.39. The fourth-order valence-corrected chi connectivity index (χ4v) is 0.854. The molecule has 0 radical (unpaired) electrons. The Labute approximate surface area is 103 Å². The van der Waals surface area contributed by atoms with E-state index in [2.05, 4.69) is 13.8 Å². The van der Waals surface area contributed by atoms with Crippen LogP contribution in [0.2, 0.25) is 0 Å². The molecule has 0 heterocycles. The largest absolute Gasteiger partial charge is 0.394 e. The second kappa shape index (κ2) is 20.3. The zero-order valence-corrected chi connectivity index (χ0v) is 12.3. The summed E-state index contributed by atoms with van der Waals surface area (Å²) in [4.78, 5) is 0. The van der Waals surface area contributed by atoms with Gasteiger partial charge in [-0.2, -0.15) is 0 Å². The van der Waals surface area contributed by atoms with Crippen LogP contribution >= 0.6 is 0 Å². The number of unbranched alkanes of at least 4 members (excludes halogenated alkanes) is 5. The SMILES string of the molecule is CC(C)O.CC(C)O.CCCCCCCC. The highest BCUT2D eigenvalue weighted by Gasteiger charge is 1.83. The van der Waals surface area contributed by atoms with Crippen LogP contribution in [0, 0.1) is 0 Å². The van der Waals surface area contributed by atoms with Gasteiger partial charge in [-0.15, -0.1) is 0 Å². The lowest BCUT2D eigenvalue weighted by Crippen LogP contribution is -1.85. The third-order valence-corrected chi connectivity index (χ3v) is 1.46. The molecule has 0 rings (SSSR count). The Morgan fingerprint density at radius 3 is 0.938 bits per heavy atom. The minimum atomic E-state index is -0.167. The van der Waals surface area contributed by atoms with E-state index in [1.54, 1.807) is 27.7 Å². The summed E-state index contributed by atoms with van der Waals surface area (Å²) in [6.45, 7) is 11.4. The molecule has 0 saturated carbocycles. The Morgan fingerprint density at radius 1 is 0.625 bits per heavy atom. The Morgan fingerprint density at radius 2 is 0.812 bits per heavy atom. The van der Waals surface area contributed by atoms with Gasteiger partial charge in [0, 0.05) is 12.2 Å². The van der Waals surface area contributed by atoms with E-state index in [1.807, 2.05) is 0 Å². The summed E-state index contributed by atoms with van der Waals surface area (Å²) < 4.78 is 0. The van der Waals surface area contributed by atoms with Crippen LogP contribution in [0.3, 0.4) is 0 Å². The van der Waals surface area contributed by atoms with Crippen molar-refractivity contribution in [2.45, 2.75) is 92.3 Å². The first-order chi connectivity index (χ1) is 7.38. The van der Waals surface area contributed by atoms with E-state index in [0.29, 0.717) is 0 Å². The average Bonchev–Trinajstić information content (AvgIpc) is 2.11. The van der Waals surface area contributed by atoms with E-state index in [1.165, 1.54) is 38.5 Å². The molecule has 0 saturated heterocycles. The second-order valence-electron chi connectivity index (χ2n) is 4.60. The number of aliphatic hydroxyl groups is 2. The van der Waals surface area contributed by atoms with Gasteiger partial charge in [0.25, 0.3) is 0 Å². The van der Waals surface area contributed by atoms with E-state index >= 15 is 0 Å². The molecule has 0 bridgehead atoms. The molecule has 2 heteroatoms. The van der Waals surface area contributed by atoms with Crippen molar-refractivity contribution in [3.63, 3.8) is 0 Å². The molecule has 0 aromatic heterocycles. The van der Waals surface area contributed by atoms with E-state index < -0.39 is 0 Å². The lowest BCUT2D eigenvalue weighted by molar-refractivity contribution is 0.215. The maximum absolute atomic E-state index is 8.06. The summed E-state index contributed by atoms with van der Waals surface area (Å²) in [5, 5.41) is 16.1. The summed E-state index contributed by atoms with van der Waals surface area (Å²) in [5.41, 5.74) is 0. The first-order valence-corrected chi connectivity index (χ1v) is 6.74. The summed E-state index contributed by atoms with van der Waals surface area (Å²) in [6.07, 6.45) is 8.15. The minimum absolute atomic E-state index is 0.167. The van der Waals surface area contributed by atoms with Crippen LogP contribution in [0.15, 0.2) is 0 Å². The molecule has 0 aliphatic rings. The smallest absolute Gasteiger partial charge is 0.0483 e. The van der Waals surface area contributed by atoms with Gasteiger partial charge in [0.15, 0.2) is 0 Å². The minimum Gasteiger partial charge on any atom is -0.394 e. The first-order valence-electron chi connectivity index (χ1n) is 6.74. The van der Waals surface area contributed by atoms with E-state index in [9.17, 15) is 0 Å². The maximum atomic E-state index is 8.06. The predicted octanol–water partition coefficient (Wildman–Crippen LogP) is 4.14. The van der Waals surface area contributed by atoms with Gasteiger partial charge in [0.2, 0.25) is 0 Å². The zero-order valence-electron chi connectivity index (χ0n) is 12.3. The van der Waals surface area contributed by atoms with Crippen molar-refractivity contribution in [3.8, 4) is 0 Å². The Kier molecular flexibility index (Phi) is 27.0. The van der Waals surface area contributed by atoms with Gasteiger partial charge in [-0.25, -0.2) is 0 Å². The lowest BCUT2D eigenvalue weighted by Gasteiger charge is -1.93. The highest BCUT2D eigenvalue weighted by Crippen LogP contribution is 2.03. The number of rotatable bonds is 5. The normalized spacial score (nSPS) is 9.38. The van der Waals surface area contributed by atoms with Crippen molar-refractivity contribution in [1.82, 2.24) is 0 Å². The molecular weight excluding hydrogens is 200 g/mol. The highest BCUT2D eigenvalue weighted by atomic mass is 16.3. The van der Waals surface area contributed by atoms with E-state index in [4.69, 9.17) is 10.2 Å². The van der Waals surface area contributed by atoms with Gasteiger partial charge >= 0.3 is 0 Å². The molecule has 0 fully saturated rings. The molecular formula is C14H34O2. The molecule has 102 valence electrons. The maximum Gasteiger partial charge on any atom is 0.0483 e. The fourth-order valence-electron chi connectivity index (χ4n) is 0.854. The van der Waals surface area contributed by atoms with Crippen molar-refractivity contribution < 1.29 is 10.2 Å². The second-order valence-corrected chi connectivity index (χ2v) is 4.60. The van der Waals surface area contributed by atoms with Gasteiger partial charge < -0.3 is 10.2 Å². The topological polar surface area (TPSA) is 40.5 Å².